The fraction of sp³-hybridized carbons (Fsp3) is 0.0256. The number of fused-ring (bicyclic) bond motifs is 2. The molecule has 0 spiro atoms. The van der Waals surface area contributed by atoms with E-state index in [2.05, 4.69) is 144 Å². The van der Waals surface area contributed by atoms with Crippen molar-refractivity contribution in [3.8, 4) is 43.5 Å². The Bertz CT molecular complexity index is 2150. The van der Waals surface area contributed by atoms with Gasteiger partial charge in [0.15, 0.2) is 0 Å². The molecule has 2 nitrogen and oxygen atoms in total. The van der Waals surface area contributed by atoms with Crippen molar-refractivity contribution < 1.29 is 4.42 Å². The van der Waals surface area contributed by atoms with Crippen molar-refractivity contribution in [2.24, 2.45) is 0 Å². The zero-order chi connectivity index (χ0) is 27.9. The summed E-state index contributed by atoms with van der Waals surface area (Å²) in [6.07, 6.45) is 0. The second-order valence-corrected chi connectivity index (χ2v) is 11.6. The minimum Gasteiger partial charge on any atom is -0.455 e. The average Bonchev–Trinajstić information content (AvgIpc) is 3.77. The summed E-state index contributed by atoms with van der Waals surface area (Å²) < 4.78 is 8.97. The summed E-state index contributed by atoms with van der Waals surface area (Å²) in [6.45, 7) is 0.800. The quantitative estimate of drug-likeness (QED) is 0.199. The van der Waals surface area contributed by atoms with Crippen LogP contribution in [0.3, 0.4) is 0 Å². The Kier molecular flexibility index (Phi) is 6.09. The summed E-state index contributed by atoms with van der Waals surface area (Å²) in [5, 5.41) is 2.40. The highest BCUT2D eigenvalue weighted by atomic mass is 32.1. The first kappa shape index (κ1) is 24.7. The van der Waals surface area contributed by atoms with Crippen LogP contribution >= 0.6 is 11.3 Å². The fourth-order valence-corrected chi connectivity index (χ4v) is 7.19. The molecule has 0 bridgehead atoms. The van der Waals surface area contributed by atoms with Crippen molar-refractivity contribution in [1.82, 2.24) is 4.57 Å². The van der Waals surface area contributed by atoms with Gasteiger partial charge in [-0.3, -0.25) is 0 Å². The maximum Gasteiger partial charge on any atom is 0.144 e. The molecule has 0 saturated carbocycles. The molecule has 0 aliphatic rings. The smallest absolute Gasteiger partial charge is 0.144 e. The third-order valence-electron chi connectivity index (χ3n) is 7.93. The summed E-state index contributed by atoms with van der Waals surface area (Å²) in [4.78, 5) is 2.45. The highest BCUT2D eigenvalue weighted by Gasteiger charge is 2.24. The molecule has 0 aliphatic heterocycles. The second-order valence-electron chi connectivity index (χ2n) is 10.5. The average molecular weight is 558 g/mol. The number of furan rings is 1. The molecule has 5 aromatic carbocycles. The van der Waals surface area contributed by atoms with Crippen LogP contribution in [-0.2, 0) is 6.54 Å². The normalized spacial score (nSPS) is 11.4. The van der Waals surface area contributed by atoms with Crippen molar-refractivity contribution >= 4 is 33.2 Å². The Morgan fingerprint density at radius 3 is 1.81 bits per heavy atom. The highest BCUT2D eigenvalue weighted by Crippen LogP contribution is 2.48. The van der Waals surface area contributed by atoms with E-state index in [1.807, 2.05) is 23.5 Å². The van der Waals surface area contributed by atoms with E-state index in [1.54, 1.807) is 0 Å². The van der Waals surface area contributed by atoms with Crippen LogP contribution in [0.4, 0.5) is 0 Å². The molecule has 0 aliphatic carbocycles. The van der Waals surface area contributed by atoms with E-state index < -0.39 is 0 Å². The molecule has 0 unspecified atom stereocenters. The van der Waals surface area contributed by atoms with Crippen LogP contribution in [0.1, 0.15) is 5.56 Å². The summed E-state index contributed by atoms with van der Waals surface area (Å²) in [6, 6.07) is 53.7. The molecule has 8 aromatic rings. The van der Waals surface area contributed by atoms with E-state index in [-0.39, 0.29) is 0 Å². The Morgan fingerprint density at radius 1 is 0.500 bits per heavy atom. The maximum absolute atomic E-state index is 6.49. The lowest BCUT2D eigenvalue weighted by Gasteiger charge is -2.13. The molecule has 200 valence electrons. The minimum atomic E-state index is 0.800. The number of para-hydroxylation sites is 2. The molecule has 0 radical (unpaired) electrons. The van der Waals surface area contributed by atoms with Gasteiger partial charge in [0.05, 0.1) is 5.69 Å². The zero-order valence-electron chi connectivity index (χ0n) is 22.9. The predicted octanol–water partition coefficient (Wildman–Crippen LogP) is 11.2. The summed E-state index contributed by atoms with van der Waals surface area (Å²) >= 11 is 1.84. The number of rotatable bonds is 6. The van der Waals surface area contributed by atoms with Crippen LogP contribution in [0.15, 0.2) is 156 Å². The van der Waals surface area contributed by atoms with Crippen molar-refractivity contribution in [2.75, 3.05) is 0 Å². The Labute approximate surface area is 248 Å². The first-order valence-corrected chi connectivity index (χ1v) is 15.0. The number of thiophene rings is 1. The predicted molar refractivity (Wildman–Crippen MR) is 177 cm³/mol. The van der Waals surface area contributed by atoms with E-state index in [0.717, 1.165) is 34.4 Å². The number of nitrogens with zero attached hydrogens (tertiary/aromatic N) is 1. The molecule has 0 amide bonds. The van der Waals surface area contributed by atoms with Gasteiger partial charge in [0, 0.05) is 49.3 Å². The summed E-state index contributed by atoms with van der Waals surface area (Å²) in [7, 11) is 0. The van der Waals surface area contributed by atoms with E-state index in [0.29, 0.717) is 0 Å². The van der Waals surface area contributed by atoms with Gasteiger partial charge in [-0.2, -0.15) is 0 Å². The van der Waals surface area contributed by atoms with Crippen LogP contribution in [0.25, 0.3) is 65.3 Å². The first-order chi connectivity index (χ1) is 20.8. The van der Waals surface area contributed by atoms with Crippen molar-refractivity contribution in [2.45, 2.75) is 6.54 Å². The molecular formula is C39H27NOS. The molecule has 0 saturated heterocycles. The highest BCUT2D eigenvalue weighted by molar-refractivity contribution is 7.19. The van der Waals surface area contributed by atoms with Crippen LogP contribution in [0.2, 0.25) is 0 Å². The molecular weight excluding hydrogens is 531 g/mol. The van der Waals surface area contributed by atoms with E-state index >= 15 is 0 Å². The number of hydrogen-bond donors (Lipinski definition) is 0. The fourth-order valence-electron chi connectivity index (χ4n) is 6.07. The van der Waals surface area contributed by atoms with E-state index in [1.165, 1.54) is 43.0 Å². The van der Waals surface area contributed by atoms with Crippen molar-refractivity contribution in [3.63, 3.8) is 0 Å². The van der Waals surface area contributed by atoms with Crippen LogP contribution < -0.4 is 0 Å². The van der Waals surface area contributed by atoms with Gasteiger partial charge >= 0.3 is 0 Å². The van der Waals surface area contributed by atoms with Crippen LogP contribution in [0.5, 0.6) is 0 Å². The van der Waals surface area contributed by atoms with Crippen molar-refractivity contribution in [3.05, 3.63) is 157 Å². The Hall–Kier alpha value is -5.12. The van der Waals surface area contributed by atoms with Gasteiger partial charge in [-0.05, 0) is 35.4 Å². The molecule has 0 fully saturated rings. The maximum atomic E-state index is 6.49. The number of hydrogen-bond acceptors (Lipinski definition) is 2. The van der Waals surface area contributed by atoms with Crippen LogP contribution in [0, 0.1) is 0 Å². The van der Waals surface area contributed by atoms with Gasteiger partial charge in [0.2, 0.25) is 0 Å². The van der Waals surface area contributed by atoms with Crippen molar-refractivity contribution in [1.29, 1.82) is 0 Å². The second kappa shape index (κ2) is 10.4. The topological polar surface area (TPSA) is 18.1 Å². The molecule has 0 atom stereocenters. The third-order valence-corrected chi connectivity index (χ3v) is 9.05. The lowest BCUT2D eigenvalue weighted by Crippen LogP contribution is -2.02. The molecule has 3 heteroatoms. The van der Waals surface area contributed by atoms with E-state index in [4.69, 9.17) is 4.42 Å². The molecule has 0 N–H and O–H groups in total. The van der Waals surface area contributed by atoms with Gasteiger partial charge in [0.1, 0.15) is 11.3 Å². The standard InChI is InChI=1S/C39H27NOS/c1-4-14-27(15-5-1)26-40-32-22-12-10-20-30(32)36(38(40)28-16-6-2-7-17-28)34-24-25-35(42-34)37-31-21-11-13-23-33(31)41-39(37)29-18-8-3-9-19-29/h1-25H,26H2. The lowest BCUT2D eigenvalue weighted by molar-refractivity contribution is 0.632. The molecule has 8 rings (SSSR count). The number of benzene rings is 5. The minimum absolute atomic E-state index is 0.800. The summed E-state index contributed by atoms with van der Waals surface area (Å²) in [5.41, 5.74) is 9.41. The number of aromatic nitrogens is 1. The Balaban J connectivity index is 1.37. The Morgan fingerprint density at radius 2 is 1.07 bits per heavy atom. The van der Waals surface area contributed by atoms with Crippen LogP contribution in [-0.4, -0.2) is 4.57 Å². The summed E-state index contributed by atoms with van der Waals surface area (Å²) in [5.74, 6) is 0.917. The largest absolute Gasteiger partial charge is 0.455 e. The molecule has 3 heterocycles. The van der Waals surface area contributed by atoms with E-state index in [9.17, 15) is 0 Å². The lowest BCUT2D eigenvalue weighted by atomic mass is 10.0. The molecule has 3 aromatic heterocycles. The van der Waals surface area contributed by atoms with Gasteiger partial charge < -0.3 is 8.98 Å². The zero-order valence-corrected chi connectivity index (χ0v) is 23.7. The molecule has 42 heavy (non-hydrogen) atoms. The first-order valence-electron chi connectivity index (χ1n) is 14.2. The SMILES string of the molecule is c1ccc(Cn2c(-c3ccccc3)c(-c3ccc(-c4c(-c5ccccc5)oc5ccccc45)s3)c3ccccc32)cc1. The van der Waals surface area contributed by atoms with Gasteiger partial charge in [-0.15, -0.1) is 11.3 Å². The van der Waals surface area contributed by atoms with Gasteiger partial charge in [-0.1, -0.05) is 127 Å². The van der Waals surface area contributed by atoms with Gasteiger partial charge in [0.25, 0.3) is 0 Å². The third kappa shape index (κ3) is 4.18. The van der Waals surface area contributed by atoms with Gasteiger partial charge in [-0.25, -0.2) is 0 Å². The monoisotopic (exact) mass is 557 g/mol.